The summed E-state index contributed by atoms with van der Waals surface area (Å²) in [4.78, 5) is 0. The van der Waals surface area contributed by atoms with Crippen LogP contribution < -0.4 is 5.30 Å². The van der Waals surface area contributed by atoms with Crippen LogP contribution in [-0.2, 0) is 25.6 Å². The molecule has 0 spiro atoms. The zero-order chi connectivity index (χ0) is 93.4. The Morgan fingerprint density at radius 2 is 0.611 bits per heavy atom. The lowest BCUT2D eigenvalue weighted by Crippen LogP contribution is -2.55. The van der Waals surface area contributed by atoms with Crippen LogP contribution in [0.2, 0.25) is 0 Å². The molecule has 6 aliphatic carbocycles. The van der Waals surface area contributed by atoms with E-state index in [1.165, 1.54) is 170 Å². The lowest BCUT2D eigenvalue weighted by Gasteiger charge is -2.62. The summed E-state index contributed by atoms with van der Waals surface area (Å²) < 4.78 is 62.8. The fraction of sp³-hybridized carbons (Fsp3) is 0.323. The van der Waals surface area contributed by atoms with Crippen LogP contribution in [0, 0.1) is 24.5 Å². The first-order valence-corrected chi connectivity index (χ1v) is 52.8. The number of aryl methyl sites for hydroxylation is 1. The quantitative estimate of drug-likeness (QED) is 0.0674. The van der Waals surface area contributed by atoms with Crippen molar-refractivity contribution >= 4 is 22.3 Å². The van der Waals surface area contributed by atoms with E-state index in [0.29, 0.717) is 40.6 Å². The first kappa shape index (κ1) is 97.6. The maximum absolute atomic E-state index is 14.5. The average Bonchev–Trinajstić information content (AvgIpc) is 1.00. The summed E-state index contributed by atoms with van der Waals surface area (Å²) >= 11 is 0. The van der Waals surface area contributed by atoms with Crippen molar-refractivity contribution in [3.8, 4) is 77.9 Å². The molecule has 14 aromatic rings. The van der Waals surface area contributed by atoms with E-state index in [0.717, 1.165) is 62.4 Å². The second-order valence-electron chi connectivity index (χ2n) is 40.2. The molecule has 6 aliphatic rings. The number of halogens is 2. The Balaban J connectivity index is 0.000000130. The van der Waals surface area contributed by atoms with Gasteiger partial charge in [0.05, 0.1) is 5.75 Å². The van der Waals surface area contributed by atoms with Crippen molar-refractivity contribution in [2.45, 2.75) is 232 Å². The van der Waals surface area contributed by atoms with Crippen LogP contribution in [0.1, 0.15) is 286 Å². The van der Waals surface area contributed by atoms with Gasteiger partial charge < -0.3 is 4.57 Å². The Hall–Kier alpha value is -10.9. The Kier molecular flexibility index (Phi) is 32.9. The van der Waals surface area contributed by atoms with E-state index in [-0.39, 0.29) is 29.2 Å². The van der Waals surface area contributed by atoms with E-state index >= 15 is 0 Å². The molecule has 0 unspecified atom stereocenters. The molecular weight excluding hydrogens is 1640 g/mol. The second kappa shape index (κ2) is 44.1. The minimum Gasteiger partial charge on any atom is -0.319 e. The first-order chi connectivity index (χ1) is 62.6. The number of sulfone groups is 1. The molecule has 6 fully saturated rings. The molecule has 0 atom stereocenters. The van der Waals surface area contributed by atoms with Crippen molar-refractivity contribution in [1.82, 2.24) is 0 Å². The standard InChI is InChI=1S/C20H22.2C18H19F.C18H20.C17H20O2S.C17H21OP.C16H18/c1-14(2)17-4-3-5-18(10-17)16-6-8-19(9-7-16)20-11-15(12-20)13-20;1-12(2)17-11-16(9-10-18(17)19)15-7-5-14(6-8-15)13-3-4-13;1-12(2)16-4-3-5-17(18(16)19)15-10-8-14(9-11-15)13-6-7-13;1-13(2)17-4-3-5-18(12-17)16-10-8-15(9-11-16)14-6-7-14;1-13(2)16-5-4-6-17(11-16)15-9-7-14(8-10-15)12-20(3,18)19;1-13(2)15-6-5-7-16(12-15)14-8-10-17(11-9-14)19(3,4)18;1-12(2)15-5-4-6-16(11-15)14-9-7-13(3)8-10-14/h3-10,14-15H,11-13H2,1-2H3;5-13H,3-4H2,1-2H3;3-5,8-13H,6-7H2,1-2H3;3-5,8-14H,6-7H2,1-2H3;4-11,13H,12H2,1-3H3;5-13H,1-4H3;4-12H,1-3H3. The molecule has 14 aromatic carbocycles. The number of hydrogen-bond acceptors (Lipinski definition) is 3. The fourth-order valence-electron chi connectivity index (χ4n) is 17.6. The van der Waals surface area contributed by atoms with Gasteiger partial charge in [0, 0.05) is 17.1 Å². The van der Waals surface area contributed by atoms with Crippen LogP contribution in [0.25, 0.3) is 77.9 Å². The molecule has 0 aromatic heterocycles. The van der Waals surface area contributed by atoms with Crippen molar-refractivity contribution < 1.29 is 21.8 Å². The van der Waals surface area contributed by atoms with Crippen LogP contribution in [0.3, 0.4) is 0 Å². The molecule has 131 heavy (non-hydrogen) atoms. The SMILES string of the molecule is CC(C)c1cc(-c2ccc(C3CC3)cc2)ccc1F.CC(C)c1cccc(-c2ccc(C34CC(C3)C4)cc2)c1.CC(C)c1cccc(-c2ccc(C3CC3)cc2)c1.CC(C)c1cccc(-c2ccc(C3CC3)cc2)c1F.CC(C)c1cccc(-c2ccc(CS(C)(=O)=O)cc2)c1.CC(C)c1cccc(-c2ccc(P(C)(C)=O)cc2)c1.Cc1ccc(-c2cccc(C(C)C)c2)cc1. The predicted octanol–water partition coefficient (Wildman–Crippen LogP) is 35.4. The van der Waals surface area contributed by atoms with Gasteiger partial charge in [-0.1, -0.05) is 418 Å². The summed E-state index contributed by atoms with van der Waals surface area (Å²) in [5, 5.41) is 0.941. The van der Waals surface area contributed by atoms with E-state index in [9.17, 15) is 21.8 Å². The summed E-state index contributed by atoms with van der Waals surface area (Å²) in [6.07, 6.45) is 13.6. The van der Waals surface area contributed by atoms with Gasteiger partial charge in [-0.25, -0.2) is 17.2 Å². The number of rotatable bonds is 21. The van der Waals surface area contributed by atoms with E-state index in [2.05, 4.69) is 331 Å². The zero-order valence-electron chi connectivity index (χ0n) is 80.9. The monoisotopic (exact) mass is 1780 g/mol. The minimum absolute atomic E-state index is 0.0725. The van der Waals surface area contributed by atoms with Gasteiger partial charge in [-0.05, 0) is 300 Å². The number of benzene rings is 14. The highest BCUT2D eigenvalue weighted by atomic mass is 32.2. The Morgan fingerprint density at radius 3 is 0.908 bits per heavy atom. The highest BCUT2D eigenvalue weighted by Gasteiger charge is 2.57. The molecule has 678 valence electrons. The van der Waals surface area contributed by atoms with E-state index in [1.807, 2.05) is 94.4 Å². The third-order valence-electron chi connectivity index (χ3n) is 26.7. The third-order valence-corrected chi connectivity index (χ3v) is 29.1. The predicted molar refractivity (Wildman–Crippen MR) is 559 cm³/mol. The van der Waals surface area contributed by atoms with Crippen molar-refractivity contribution in [1.29, 1.82) is 0 Å². The Labute approximate surface area is 785 Å². The molecule has 0 radical (unpaired) electrons. The van der Waals surface area contributed by atoms with Crippen molar-refractivity contribution in [3.05, 3.63) is 412 Å². The molecule has 0 saturated heterocycles. The zero-order valence-corrected chi connectivity index (χ0v) is 82.6. The summed E-state index contributed by atoms with van der Waals surface area (Å²) in [6, 6.07) is 115. The molecule has 20 rings (SSSR count). The molecule has 0 aliphatic heterocycles. The topological polar surface area (TPSA) is 51.2 Å². The molecule has 7 heteroatoms. The van der Waals surface area contributed by atoms with Gasteiger partial charge in [0.15, 0.2) is 9.84 Å². The van der Waals surface area contributed by atoms with Gasteiger partial charge in [0.25, 0.3) is 0 Å². The first-order valence-electron chi connectivity index (χ1n) is 48.1. The Morgan fingerprint density at radius 1 is 0.321 bits per heavy atom. The summed E-state index contributed by atoms with van der Waals surface area (Å²) in [7, 11) is -5.13. The molecule has 0 N–H and O–H groups in total. The molecule has 2 bridgehead atoms. The van der Waals surface area contributed by atoms with Crippen LogP contribution >= 0.6 is 7.14 Å². The fourth-order valence-corrected chi connectivity index (χ4v) is 19.2. The van der Waals surface area contributed by atoms with Crippen LogP contribution in [-0.4, -0.2) is 28.0 Å². The van der Waals surface area contributed by atoms with Crippen LogP contribution in [0.5, 0.6) is 0 Å². The van der Waals surface area contributed by atoms with E-state index in [4.69, 9.17) is 0 Å². The second-order valence-corrected chi connectivity index (χ2v) is 45.6. The van der Waals surface area contributed by atoms with Gasteiger partial charge in [0.2, 0.25) is 0 Å². The summed E-state index contributed by atoms with van der Waals surface area (Å²) in [5.41, 5.74) is 33.8. The van der Waals surface area contributed by atoms with E-state index in [1.54, 1.807) is 25.0 Å². The lowest BCUT2D eigenvalue weighted by atomic mass is 9.42. The third kappa shape index (κ3) is 27.2. The highest BCUT2D eigenvalue weighted by molar-refractivity contribution is 7.89. The van der Waals surface area contributed by atoms with Gasteiger partial charge in [-0.2, -0.15) is 0 Å². The molecule has 3 nitrogen and oxygen atoms in total. The normalized spacial score (nSPS) is 15.4. The van der Waals surface area contributed by atoms with Crippen molar-refractivity contribution in [3.63, 3.8) is 0 Å². The maximum atomic E-state index is 14.5. The van der Waals surface area contributed by atoms with Gasteiger partial charge in [0.1, 0.15) is 18.8 Å². The largest absolute Gasteiger partial charge is 0.319 e. The van der Waals surface area contributed by atoms with Crippen LogP contribution in [0.15, 0.2) is 328 Å². The molecular formula is C124H139F2O3PS. The summed E-state index contributed by atoms with van der Waals surface area (Å²) in [6.45, 7) is 36.1. The Bertz CT molecular complexity index is 6220. The number of hydrogen-bond donors (Lipinski definition) is 0. The molecule has 0 amide bonds. The van der Waals surface area contributed by atoms with Gasteiger partial charge in [-0.15, -0.1) is 0 Å². The molecule has 0 heterocycles. The minimum atomic E-state index is -2.97. The van der Waals surface area contributed by atoms with Gasteiger partial charge in [-0.3, -0.25) is 0 Å². The van der Waals surface area contributed by atoms with E-state index < -0.39 is 17.0 Å². The smallest absolute Gasteiger partial charge is 0.151 e. The van der Waals surface area contributed by atoms with Gasteiger partial charge >= 0.3 is 0 Å². The maximum Gasteiger partial charge on any atom is 0.151 e. The van der Waals surface area contributed by atoms with Crippen molar-refractivity contribution in [2.75, 3.05) is 19.6 Å². The highest BCUT2D eigenvalue weighted by Crippen LogP contribution is 2.65. The lowest BCUT2D eigenvalue weighted by molar-refractivity contribution is -0.0273. The summed E-state index contributed by atoms with van der Waals surface area (Å²) in [5.74, 6) is 6.59. The van der Waals surface area contributed by atoms with Crippen LogP contribution in [0.4, 0.5) is 8.78 Å². The molecule has 6 saturated carbocycles. The average molecular weight is 1780 g/mol. The van der Waals surface area contributed by atoms with Crippen molar-refractivity contribution in [2.24, 2.45) is 5.92 Å².